The van der Waals surface area contributed by atoms with E-state index < -0.39 is 10.0 Å². The van der Waals surface area contributed by atoms with E-state index in [9.17, 15) is 13.2 Å². The summed E-state index contributed by atoms with van der Waals surface area (Å²) in [4.78, 5) is 14.4. The number of thioether (sulfide) groups is 1. The molecule has 0 atom stereocenters. The summed E-state index contributed by atoms with van der Waals surface area (Å²) in [5, 5.41) is 1.75. The first kappa shape index (κ1) is 19.4. The first-order valence-corrected chi connectivity index (χ1v) is 12.2. The lowest BCUT2D eigenvalue weighted by atomic mass is 10.0. The lowest BCUT2D eigenvalue weighted by Gasteiger charge is -2.32. The predicted molar refractivity (Wildman–Crippen MR) is 107 cm³/mol. The lowest BCUT2D eigenvalue weighted by molar-refractivity contribution is 0.0711. The molecule has 1 saturated heterocycles. The number of carbonyl (C=O) groups excluding carboxylic acids is 1. The zero-order valence-corrected chi connectivity index (χ0v) is 17.0. The van der Waals surface area contributed by atoms with Crippen LogP contribution in [0.15, 0.2) is 46.0 Å². The molecule has 3 rings (SSSR count). The van der Waals surface area contributed by atoms with Crippen molar-refractivity contribution in [3.8, 4) is 0 Å². The third-order valence-electron chi connectivity index (χ3n) is 4.38. The summed E-state index contributed by atoms with van der Waals surface area (Å²) >= 11 is 2.96. The highest BCUT2D eigenvalue weighted by Crippen LogP contribution is 2.20. The molecule has 0 radical (unpaired) electrons. The summed E-state index contributed by atoms with van der Waals surface area (Å²) in [6, 6.07) is 10.9. The van der Waals surface area contributed by atoms with Gasteiger partial charge in [-0.15, -0.1) is 11.3 Å². The number of nitrogens with zero attached hydrogens (tertiary/aromatic N) is 1. The van der Waals surface area contributed by atoms with Crippen molar-refractivity contribution in [3.05, 3.63) is 52.9 Å². The lowest BCUT2D eigenvalue weighted by Crippen LogP contribution is -2.46. The average Bonchev–Trinajstić information content (AvgIpc) is 3.18. The molecule has 1 aliphatic rings. The van der Waals surface area contributed by atoms with Crippen molar-refractivity contribution >= 4 is 39.0 Å². The van der Waals surface area contributed by atoms with E-state index in [1.54, 1.807) is 34.2 Å². The second kappa shape index (κ2) is 8.56. The average molecular weight is 411 g/mol. The summed E-state index contributed by atoms with van der Waals surface area (Å²) in [5.41, 5.74) is 1.89. The van der Waals surface area contributed by atoms with Crippen molar-refractivity contribution < 1.29 is 13.2 Å². The molecule has 5 nitrogen and oxygen atoms in total. The van der Waals surface area contributed by atoms with Gasteiger partial charge in [0.15, 0.2) is 0 Å². The van der Waals surface area contributed by atoms with Crippen molar-refractivity contribution in [1.29, 1.82) is 0 Å². The standard InChI is InChI=1S/C18H22N2O3S3/c1-24-13-14-4-6-15(7-5-14)18(21)20-10-8-16(9-11-20)19-26(22,23)17-3-2-12-25-17/h2-7,12,16,19H,8-11,13H2,1H3. The predicted octanol–water partition coefficient (Wildman–Crippen LogP) is 3.19. The number of thiophene rings is 1. The van der Waals surface area contributed by atoms with Gasteiger partial charge in [0.05, 0.1) is 0 Å². The Balaban J connectivity index is 1.55. The number of sulfonamides is 1. The maximum absolute atomic E-state index is 12.6. The maximum atomic E-state index is 12.6. The molecule has 140 valence electrons. The SMILES string of the molecule is CSCc1ccc(C(=O)N2CCC(NS(=O)(=O)c3cccs3)CC2)cc1. The number of hydrogen-bond acceptors (Lipinski definition) is 5. The van der Waals surface area contributed by atoms with Crippen LogP contribution in [0.3, 0.4) is 0 Å². The number of hydrogen-bond donors (Lipinski definition) is 1. The van der Waals surface area contributed by atoms with Crippen LogP contribution in [0.1, 0.15) is 28.8 Å². The quantitative estimate of drug-likeness (QED) is 0.794. The Bertz CT molecular complexity index is 825. The van der Waals surface area contributed by atoms with Gasteiger partial charge >= 0.3 is 0 Å². The van der Waals surface area contributed by atoms with Crippen LogP contribution >= 0.6 is 23.1 Å². The van der Waals surface area contributed by atoms with Gasteiger partial charge in [-0.3, -0.25) is 4.79 Å². The van der Waals surface area contributed by atoms with Gasteiger partial charge in [-0.1, -0.05) is 18.2 Å². The molecule has 1 amide bonds. The number of benzene rings is 1. The normalized spacial score (nSPS) is 16.0. The van der Waals surface area contributed by atoms with Crippen molar-refractivity contribution in [1.82, 2.24) is 9.62 Å². The van der Waals surface area contributed by atoms with Crippen LogP contribution in [-0.2, 0) is 15.8 Å². The topological polar surface area (TPSA) is 66.5 Å². The summed E-state index contributed by atoms with van der Waals surface area (Å²) in [6.45, 7) is 1.12. The summed E-state index contributed by atoms with van der Waals surface area (Å²) in [5.74, 6) is 0.949. The fraction of sp³-hybridized carbons (Fsp3) is 0.389. The molecule has 0 spiro atoms. The zero-order chi connectivity index (χ0) is 18.6. The second-order valence-corrected chi connectivity index (χ2v) is 10.0. The van der Waals surface area contributed by atoms with E-state index in [0.717, 1.165) is 5.75 Å². The van der Waals surface area contributed by atoms with E-state index in [-0.39, 0.29) is 11.9 Å². The minimum Gasteiger partial charge on any atom is -0.339 e. The molecule has 26 heavy (non-hydrogen) atoms. The summed E-state index contributed by atoms with van der Waals surface area (Å²) in [6.07, 6.45) is 3.30. The minimum atomic E-state index is -3.45. The monoisotopic (exact) mass is 410 g/mol. The number of likely N-dealkylation sites (tertiary alicyclic amines) is 1. The van der Waals surface area contributed by atoms with E-state index in [2.05, 4.69) is 11.0 Å². The van der Waals surface area contributed by atoms with Crippen molar-refractivity contribution in [2.45, 2.75) is 28.8 Å². The van der Waals surface area contributed by atoms with Gasteiger partial charge in [0, 0.05) is 30.4 Å². The van der Waals surface area contributed by atoms with Crippen LogP contribution in [0.4, 0.5) is 0 Å². The Morgan fingerprint density at radius 2 is 1.92 bits per heavy atom. The van der Waals surface area contributed by atoms with E-state index in [4.69, 9.17) is 0 Å². The highest BCUT2D eigenvalue weighted by Gasteiger charge is 2.27. The van der Waals surface area contributed by atoms with Crippen LogP contribution in [0, 0.1) is 0 Å². The number of nitrogens with one attached hydrogen (secondary N) is 1. The molecule has 1 aromatic carbocycles. The van der Waals surface area contributed by atoms with Gasteiger partial charge in [0.25, 0.3) is 5.91 Å². The third-order valence-corrected chi connectivity index (χ3v) is 7.92. The van der Waals surface area contributed by atoms with Crippen molar-refractivity contribution in [2.24, 2.45) is 0 Å². The first-order chi connectivity index (χ1) is 12.5. The maximum Gasteiger partial charge on any atom is 0.253 e. The van der Waals surface area contributed by atoms with E-state index in [0.29, 0.717) is 35.7 Å². The molecule has 1 fully saturated rings. The Hall–Kier alpha value is -1.35. The van der Waals surface area contributed by atoms with Gasteiger partial charge in [-0.2, -0.15) is 11.8 Å². The molecule has 8 heteroatoms. The van der Waals surface area contributed by atoms with Gasteiger partial charge < -0.3 is 4.90 Å². The van der Waals surface area contributed by atoms with Gasteiger partial charge in [0.2, 0.25) is 10.0 Å². The van der Waals surface area contributed by atoms with Crippen LogP contribution < -0.4 is 4.72 Å². The molecule has 0 saturated carbocycles. The van der Waals surface area contributed by atoms with E-state index >= 15 is 0 Å². The Morgan fingerprint density at radius 1 is 1.23 bits per heavy atom. The van der Waals surface area contributed by atoms with Gasteiger partial charge in [0.1, 0.15) is 4.21 Å². The molecule has 2 heterocycles. The number of amides is 1. The molecule has 1 N–H and O–H groups in total. The molecule has 2 aromatic rings. The van der Waals surface area contributed by atoms with E-state index in [1.165, 1.54) is 16.9 Å². The highest BCUT2D eigenvalue weighted by atomic mass is 32.2. The molecule has 0 aliphatic carbocycles. The molecule has 0 bridgehead atoms. The highest BCUT2D eigenvalue weighted by molar-refractivity contribution is 7.97. The Morgan fingerprint density at radius 3 is 2.50 bits per heavy atom. The number of piperidine rings is 1. The van der Waals surface area contributed by atoms with Crippen LogP contribution in [-0.4, -0.2) is 44.6 Å². The number of rotatable bonds is 6. The van der Waals surface area contributed by atoms with E-state index in [1.807, 2.05) is 24.3 Å². The summed E-state index contributed by atoms with van der Waals surface area (Å²) in [7, 11) is -3.45. The molecular formula is C18H22N2O3S3. The number of carbonyl (C=O) groups is 1. The fourth-order valence-corrected chi connectivity index (χ4v) is 5.83. The molecule has 1 aromatic heterocycles. The fourth-order valence-electron chi connectivity index (χ4n) is 2.99. The van der Waals surface area contributed by atoms with Crippen LogP contribution in [0.2, 0.25) is 0 Å². The Labute approximate surface area is 162 Å². The Kier molecular flexibility index (Phi) is 6.39. The molecule has 0 unspecified atom stereocenters. The second-order valence-electron chi connectivity index (χ2n) is 6.25. The van der Waals surface area contributed by atoms with Gasteiger partial charge in [-0.05, 0) is 48.2 Å². The zero-order valence-electron chi connectivity index (χ0n) is 14.6. The smallest absolute Gasteiger partial charge is 0.253 e. The minimum absolute atomic E-state index is 0.0141. The van der Waals surface area contributed by atoms with Crippen molar-refractivity contribution in [3.63, 3.8) is 0 Å². The molecule has 1 aliphatic heterocycles. The molecular weight excluding hydrogens is 388 g/mol. The van der Waals surface area contributed by atoms with Crippen LogP contribution in [0.5, 0.6) is 0 Å². The van der Waals surface area contributed by atoms with Crippen LogP contribution in [0.25, 0.3) is 0 Å². The third kappa shape index (κ3) is 4.68. The largest absolute Gasteiger partial charge is 0.339 e. The van der Waals surface area contributed by atoms with Crippen molar-refractivity contribution in [2.75, 3.05) is 19.3 Å². The first-order valence-electron chi connectivity index (χ1n) is 8.42. The summed E-state index contributed by atoms with van der Waals surface area (Å²) < 4.78 is 27.7. The van der Waals surface area contributed by atoms with Gasteiger partial charge in [-0.25, -0.2) is 13.1 Å².